The number of hydrogen-bond acceptors (Lipinski definition) is 4. The van der Waals surface area contributed by atoms with Gasteiger partial charge in [0, 0.05) is 42.2 Å². The van der Waals surface area contributed by atoms with E-state index in [1.807, 2.05) is 29.5 Å². The zero-order chi connectivity index (χ0) is 32.3. The highest BCUT2D eigenvalue weighted by atomic mass is 32.1. The van der Waals surface area contributed by atoms with Crippen LogP contribution in [-0.4, -0.2) is 15.0 Å². The average molecular weight is 642 g/mol. The van der Waals surface area contributed by atoms with Gasteiger partial charge in [0.1, 0.15) is 0 Å². The molecule has 3 nitrogen and oxygen atoms in total. The SMILES string of the molecule is c1ccc(-c2nc(-c3ccc4ccccc4c3)nc(-c3ccc(-c4cccc5c4ccc4c6ccccc6sc54)c4ccccc34)n2)cc1. The van der Waals surface area contributed by atoms with E-state index in [4.69, 9.17) is 15.0 Å². The zero-order valence-electron chi connectivity index (χ0n) is 26.3. The van der Waals surface area contributed by atoms with Crippen LogP contribution in [0.1, 0.15) is 0 Å². The van der Waals surface area contributed by atoms with Gasteiger partial charge >= 0.3 is 0 Å². The van der Waals surface area contributed by atoms with Gasteiger partial charge in [-0.05, 0) is 56.3 Å². The minimum atomic E-state index is 0.656. The Kier molecular flexibility index (Phi) is 6.36. The van der Waals surface area contributed by atoms with Crippen LogP contribution >= 0.6 is 11.3 Å². The van der Waals surface area contributed by atoms with Gasteiger partial charge in [-0.15, -0.1) is 11.3 Å². The Morgan fingerprint density at radius 1 is 0.327 bits per heavy atom. The standard InChI is InChI=1S/C45H27N3S/c1-2-12-29(13-3-1)43-46-44(31-22-21-28-11-4-5-14-30(28)27-31)48-45(47-43)40-26-24-35(32-15-6-7-16-34(32)40)33-18-10-19-38-36(33)23-25-39-37-17-8-9-20-41(37)49-42(38)39/h1-27H. The van der Waals surface area contributed by atoms with Crippen LogP contribution in [0.4, 0.5) is 0 Å². The summed E-state index contributed by atoms with van der Waals surface area (Å²) in [6, 6.07) is 58.0. The normalized spacial score (nSPS) is 11.7. The lowest BCUT2D eigenvalue weighted by atomic mass is 9.91. The van der Waals surface area contributed by atoms with Crippen molar-refractivity contribution in [3.63, 3.8) is 0 Å². The molecular weight excluding hydrogens is 615 g/mol. The summed E-state index contributed by atoms with van der Waals surface area (Å²) in [7, 11) is 0. The maximum Gasteiger partial charge on any atom is 0.164 e. The van der Waals surface area contributed by atoms with Crippen molar-refractivity contribution < 1.29 is 0 Å². The Morgan fingerprint density at radius 2 is 0.898 bits per heavy atom. The fourth-order valence-electron chi connectivity index (χ4n) is 7.17. The molecule has 4 heteroatoms. The second kappa shape index (κ2) is 11.2. The van der Waals surface area contributed by atoms with E-state index in [0.29, 0.717) is 17.5 Å². The second-order valence-electron chi connectivity index (χ2n) is 12.4. The molecule has 0 saturated carbocycles. The number of aromatic nitrogens is 3. The Balaban J connectivity index is 1.18. The van der Waals surface area contributed by atoms with E-state index in [9.17, 15) is 0 Å². The third-order valence-corrected chi connectivity index (χ3v) is 10.8. The number of rotatable bonds is 4. The van der Waals surface area contributed by atoms with Crippen LogP contribution in [0.5, 0.6) is 0 Å². The minimum Gasteiger partial charge on any atom is -0.208 e. The first-order valence-corrected chi connectivity index (χ1v) is 17.3. The molecule has 0 N–H and O–H groups in total. The zero-order valence-corrected chi connectivity index (χ0v) is 27.2. The summed E-state index contributed by atoms with van der Waals surface area (Å²) < 4.78 is 2.65. The van der Waals surface area contributed by atoms with Crippen LogP contribution in [0.2, 0.25) is 0 Å². The lowest BCUT2D eigenvalue weighted by Crippen LogP contribution is -2.01. The molecule has 49 heavy (non-hydrogen) atoms. The molecule has 228 valence electrons. The van der Waals surface area contributed by atoms with Gasteiger partial charge in [-0.3, -0.25) is 0 Å². The van der Waals surface area contributed by atoms with Gasteiger partial charge in [-0.2, -0.15) is 0 Å². The second-order valence-corrected chi connectivity index (χ2v) is 13.4. The van der Waals surface area contributed by atoms with E-state index < -0.39 is 0 Å². The van der Waals surface area contributed by atoms with E-state index in [-0.39, 0.29) is 0 Å². The lowest BCUT2D eigenvalue weighted by molar-refractivity contribution is 1.08. The molecule has 0 aliphatic heterocycles. The average Bonchev–Trinajstić information content (AvgIpc) is 3.57. The van der Waals surface area contributed by atoms with Gasteiger partial charge in [-0.25, -0.2) is 15.0 Å². The smallest absolute Gasteiger partial charge is 0.164 e. The summed E-state index contributed by atoms with van der Waals surface area (Å²) in [6.07, 6.45) is 0. The van der Waals surface area contributed by atoms with E-state index in [1.165, 1.54) is 47.5 Å². The summed E-state index contributed by atoms with van der Waals surface area (Å²) >= 11 is 1.88. The minimum absolute atomic E-state index is 0.656. The lowest BCUT2D eigenvalue weighted by Gasteiger charge is -2.14. The first-order valence-electron chi connectivity index (χ1n) is 16.4. The quantitative estimate of drug-likeness (QED) is 0.192. The monoisotopic (exact) mass is 641 g/mol. The van der Waals surface area contributed by atoms with Crippen molar-refractivity contribution in [2.45, 2.75) is 0 Å². The number of nitrogens with zero attached hydrogens (tertiary/aromatic N) is 3. The van der Waals surface area contributed by atoms with Crippen LogP contribution in [0, 0.1) is 0 Å². The van der Waals surface area contributed by atoms with Crippen molar-refractivity contribution in [3.05, 3.63) is 164 Å². The number of benzene rings is 8. The molecule has 2 aromatic heterocycles. The van der Waals surface area contributed by atoms with Crippen molar-refractivity contribution in [2.24, 2.45) is 0 Å². The first kappa shape index (κ1) is 27.8. The maximum absolute atomic E-state index is 5.14. The van der Waals surface area contributed by atoms with Crippen molar-refractivity contribution in [2.75, 3.05) is 0 Å². The number of thiophene rings is 1. The highest BCUT2D eigenvalue weighted by molar-refractivity contribution is 7.26. The Bertz CT molecular complexity index is 2890. The molecule has 0 aliphatic carbocycles. The van der Waals surface area contributed by atoms with Gasteiger partial charge in [0.2, 0.25) is 0 Å². The Hall–Kier alpha value is -6.23. The Labute approximate surface area is 286 Å². The van der Waals surface area contributed by atoms with Gasteiger partial charge in [0.05, 0.1) is 0 Å². The van der Waals surface area contributed by atoms with Gasteiger partial charge in [-0.1, -0.05) is 146 Å². The molecule has 0 amide bonds. The summed E-state index contributed by atoms with van der Waals surface area (Å²) in [5.41, 5.74) is 5.31. The summed E-state index contributed by atoms with van der Waals surface area (Å²) in [4.78, 5) is 15.2. The predicted molar refractivity (Wildman–Crippen MR) is 207 cm³/mol. The molecule has 10 rings (SSSR count). The van der Waals surface area contributed by atoms with E-state index in [0.717, 1.165) is 32.8 Å². The van der Waals surface area contributed by atoms with Gasteiger partial charge in [0.25, 0.3) is 0 Å². The summed E-state index contributed by atoms with van der Waals surface area (Å²) in [5, 5.41) is 9.79. The van der Waals surface area contributed by atoms with E-state index in [2.05, 4.69) is 146 Å². The van der Waals surface area contributed by atoms with Crippen molar-refractivity contribution in [3.8, 4) is 45.3 Å². The van der Waals surface area contributed by atoms with Crippen LogP contribution in [0.3, 0.4) is 0 Å². The predicted octanol–water partition coefficient (Wildman–Crippen LogP) is 12.4. The third-order valence-electron chi connectivity index (χ3n) is 9.53. The molecule has 8 aromatic carbocycles. The van der Waals surface area contributed by atoms with E-state index >= 15 is 0 Å². The molecule has 0 saturated heterocycles. The van der Waals surface area contributed by atoms with Crippen LogP contribution < -0.4 is 0 Å². The number of fused-ring (bicyclic) bond motifs is 7. The first-order chi connectivity index (χ1) is 24.3. The molecule has 0 bridgehead atoms. The topological polar surface area (TPSA) is 38.7 Å². The van der Waals surface area contributed by atoms with E-state index in [1.54, 1.807) is 0 Å². The Morgan fingerprint density at radius 3 is 1.76 bits per heavy atom. The van der Waals surface area contributed by atoms with Crippen LogP contribution in [0.25, 0.3) is 97.8 Å². The summed E-state index contributed by atoms with van der Waals surface area (Å²) in [6.45, 7) is 0. The third kappa shape index (κ3) is 4.61. The molecule has 0 atom stereocenters. The largest absolute Gasteiger partial charge is 0.208 e. The molecule has 0 spiro atoms. The van der Waals surface area contributed by atoms with Crippen molar-refractivity contribution in [1.29, 1.82) is 0 Å². The fourth-order valence-corrected chi connectivity index (χ4v) is 8.40. The van der Waals surface area contributed by atoms with Crippen LogP contribution in [-0.2, 0) is 0 Å². The molecule has 10 aromatic rings. The molecule has 0 fully saturated rings. The van der Waals surface area contributed by atoms with Crippen molar-refractivity contribution in [1.82, 2.24) is 15.0 Å². The van der Waals surface area contributed by atoms with Crippen molar-refractivity contribution >= 4 is 63.8 Å². The highest BCUT2D eigenvalue weighted by Crippen LogP contribution is 2.43. The summed E-state index contributed by atoms with van der Waals surface area (Å²) in [5.74, 6) is 1.97. The number of hydrogen-bond donors (Lipinski definition) is 0. The molecular formula is C45H27N3S. The molecule has 0 radical (unpaired) electrons. The maximum atomic E-state index is 5.14. The molecule has 2 heterocycles. The molecule has 0 unspecified atom stereocenters. The fraction of sp³-hybridized carbons (Fsp3) is 0. The molecule has 0 aliphatic rings. The van der Waals surface area contributed by atoms with Gasteiger partial charge < -0.3 is 0 Å². The highest BCUT2D eigenvalue weighted by Gasteiger charge is 2.18. The van der Waals surface area contributed by atoms with Gasteiger partial charge in [0.15, 0.2) is 17.5 Å². The van der Waals surface area contributed by atoms with Crippen LogP contribution in [0.15, 0.2) is 164 Å².